The molecule has 0 radical (unpaired) electrons. The number of nitrogens with one attached hydrogen (secondary N) is 1. The smallest absolute Gasteiger partial charge is 0.263 e. The maximum absolute atomic E-state index is 13.6. The van der Waals surface area contributed by atoms with E-state index < -0.39 is 0 Å². The van der Waals surface area contributed by atoms with Gasteiger partial charge in [-0.2, -0.15) is 0 Å². The lowest BCUT2D eigenvalue weighted by Gasteiger charge is -2.19. The largest absolute Gasteiger partial charge is 0.348 e. The molecule has 3 aromatic rings. The number of carbonyl (C=O) groups excluding carboxylic acids is 1. The molecule has 0 saturated heterocycles. The van der Waals surface area contributed by atoms with Crippen molar-refractivity contribution in [1.82, 2.24) is 19.8 Å². The van der Waals surface area contributed by atoms with Crippen molar-refractivity contribution in [3.05, 3.63) is 62.5 Å². The zero-order chi connectivity index (χ0) is 22.1. The van der Waals surface area contributed by atoms with E-state index in [1.165, 1.54) is 4.88 Å². The Morgan fingerprint density at radius 2 is 2.06 bits per heavy atom. The Labute approximate surface area is 186 Å². The minimum atomic E-state index is -0.183. The summed E-state index contributed by atoms with van der Waals surface area (Å²) in [6.45, 7) is 4.69. The van der Waals surface area contributed by atoms with Crippen LogP contribution in [0.4, 0.5) is 0 Å². The van der Waals surface area contributed by atoms with E-state index in [0.29, 0.717) is 18.3 Å². The predicted octanol–water partition coefficient (Wildman–Crippen LogP) is 3.52. The molecule has 1 N–H and O–H groups in total. The van der Waals surface area contributed by atoms with Gasteiger partial charge in [-0.25, -0.2) is 4.98 Å². The van der Waals surface area contributed by atoms with Crippen molar-refractivity contribution >= 4 is 27.5 Å². The van der Waals surface area contributed by atoms with Gasteiger partial charge in [0, 0.05) is 4.88 Å². The number of rotatable bonds is 6. The van der Waals surface area contributed by atoms with Crippen molar-refractivity contribution < 1.29 is 4.79 Å². The molecule has 0 fully saturated rings. The number of thiophene rings is 1. The summed E-state index contributed by atoms with van der Waals surface area (Å²) in [7, 11) is 3.89. The molecule has 7 heteroatoms. The van der Waals surface area contributed by atoms with E-state index in [4.69, 9.17) is 4.98 Å². The molecule has 1 aliphatic rings. The molecular formula is C24H30N4O2S. The fraction of sp³-hybridized carbons (Fsp3) is 0.458. The lowest BCUT2D eigenvalue weighted by atomic mass is 9.89. The summed E-state index contributed by atoms with van der Waals surface area (Å²) < 4.78 is 1.57. The van der Waals surface area contributed by atoms with E-state index in [1.807, 2.05) is 56.3 Å². The Bertz CT molecular complexity index is 1150. The third-order valence-corrected chi connectivity index (χ3v) is 7.08. The van der Waals surface area contributed by atoms with Gasteiger partial charge >= 0.3 is 0 Å². The minimum absolute atomic E-state index is 0.0247. The highest BCUT2D eigenvalue weighted by Crippen LogP contribution is 2.35. The van der Waals surface area contributed by atoms with Crippen LogP contribution in [0.1, 0.15) is 48.1 Å². The Hall–Kier alpha value is -2.51. The predicted molar refractivity (Wildman–Crippen MR) is 125 cm³/mol. The maximum atomic E-state index is 13.6. The first-order valence-electron chi connectivity index (χ1n) is 10.9. The summed E-state index contributed by atoms with van der Waals surface area (Å²) in [6.07, 6.45) is 3.01. The van der Waals surface area contributed by atoms with Gasteiger partial charge in [0.15, 0.2) is 0 Å². The molecule has 0 spiro atoms. The number of amides is 1. The topological polar surface area (TPSA) is 67.2 Å². The summed E-state index contributed by atoms with van der Waals surface area (Å²) in [4.78, 5) is 35.4. The normalized spacial score (nSPS) is 17.0. The number of hydrogen-bond donors (Lipinski definition) is 1. The van der Waals surface area contributed by atoms with Gasteiger partial charge in [-0.3, -0.25) is 14.2 Å². The van der Waals surface area contributed by atoms with Crippen molar-refractivity contribution in [2.45, 2.75) is 52.2 Å². The molecule has 31 heavy (non-hydrogen) atoms. The van der Waals surface area contributed by atoms with E-state index in [0.717, 1.165) is 40.6 Å². The number of hydrogen-bond acceptors (Lipinski definition) is 5. The molecule has 0 aliphatic heterocycles. The van der Waals surface area contributed by atoms with Gasteiger partial charge in [0.25, 0.3) is 5.56 Å². The number of nitrogens with zero attached hydrogens (tertiary/aromatic N) is 3. The molecule has 1 aliphatic carbocycles. The first kappa shape index (κ1) is 21.7. The van der Waals surface area contributed by atoms with Crippen LogP contribution in [-0.4, -0.2) is 34.5 Å². The van der Waals surface area contributed by atoms with E-state index >= 15 is 0 Å². The molecular weight excluding hydrogens is 408 g/mol. The van der Waals surface area contributed by atoms with Gasteiger partial charge < -0.3 is 10.2 Å². The van der Waals surface area contributed by atoms with Crippen LogP contribution in [-0.2, 0) is 30.7 Å². The SMILES string of the molecule is CC1CCc2c(sc3nc(CN(C)C)n(CC(=O)NC(C)c4ccccc4)c(=O)c23)C1. The van der Waals surface area contributed by atoms with Gasteiger partial charge in [-0.15, -0.1) is 11.3 Å². The number of aromatic nitrogens is 2. The molecule has 2 aromatic heterocycles. The third-order valence-electron chi connectivity index (χ3n) is 5.93. The number of benzene rings is 1. The molecule has 0 saturated carbocycles. The average Bonchev–Trinajstić information content (AvgIpc) is 3.08. The van der Waals surface area contributed by atoms with E-state index in [-0.39, 0.29) is 24.1 Å². The molecule has 1 aromatic carbocycles. The first-order valence-corrected chi connectivity index (χ1v) is 11.7. The molecule has 4 rings (SSSR count). The van der Waals surface area contributed by atoms with E-state index in [1.54, 1.807) is 15.9 Å². The second-order valence-electron chi connectivity index (χ2n) is 8.89. The fourth-order valence-corrected chi connectivity index (χ4v) is 5.68. The summed E-state index contributed by atoms with van der Waals surface area (Å²) in [5.41, 5.74) is 2.10. The molecule has 0 bridgehead atoms. The average molecular weight is 439 g/mol. The lowest BCUT2D eigenvalue weighted by Crippen LogP contribution is -2.36. The standard InChI is InChI=1S/C24H30N4O2S/c1-15-10-11-18-19(12-15)31-23-22(18)24(30)28(20(26-23)13-27(3)4)14-21(29)25-16(2)17-8-6-5-7-9-17/h5-9,15-16H,10-14H2,1-4H3,(H,25,29). The summed E-state index contributed by atoms with van der Waals surface area (Å²) >= 11 is 1.65. The van der Waals surface area contributed by atoms with Gasteiger partial charge in [-0.05, 0) is 57.3 Å². The Balaban J connectivity index is 1.69. The summed E-state index contributed by atoms with van der Waals surface area (Å²) in [5, 5.41) is 3.75. The molecule has 2 atom stereocenters. The molecule has 2 heterocycles. The zero-order valence-corrected chi connectivity index (χ0v) is 19.5. The number of carbonyl (C=O) groups is 1. The van der Waals surface area contributed by atoms with Crippen molar-refractivity contribution in [3.63, 3.8) is 0 Å². The number of fused-ring (bicyclic) bond motifs is 3. The van der Waals surface area contributed by atoms with Gasteiger partial charge in [0.1, 0.15) is 17.2 Å². The van der Waals surface area contributed by atoms with Crippen molar-refractivity contribution in [2.75, 3.05) is 14.1 Å². The summed E-state index contributed by atoms with van der Waals surface area (Å²) in [6, 6.07) is 9.70. The Morgan fingerprint density at radius 3 is 2.77 bits per heavy atom. The van der Waals surface area contributed by atoms with Gasteiger partial charge in [-0.1, -0.05) is 37.3 Å². The van der Waals surface area contributed by atoms with Crippen LogP contribution in [0.2, 0.25) is 0 Å². The summed E-state index contributed by atoms with van der Waals surface area (Å²) in [5.74, 6) is 1.09. The zero-order valence-electron chi connectivity index (χ0n) is 18.6. The second-order valence-corrected chi connectivity index (χ2v) is 9.97. The van der Waals surface area contributed by atoms with Crippen LogP contribution < -0.4 is 10.9 Å². The van der Waals surface area contributed by atoms with E-state index in [9.17, 15) is 9.59 Å². The fourth-order valence-electron chi connectivity index (χ4n) is 4.29. The van der Waals surface area contributed by atoms with E-state index in [2.05, 4.69) is 12.2 Å². The van der Waals surface area contributed by atoms with Crippen molar-refractivity contribution in [3.8, 4) is 0 Å². The third kappa shape index (κ3) is 4.57. The highest BCUT2D eigenvalue weighted by molar-refractivity contribution is 7.18. The Morgan fingerprint density at radius 1 is 1.32 bits per heavy atom. The second kappa shape index (κ2) is 8.93. The van der Waals surface area contributed by atoms with Crippen LogP contribution in [0.25, 0.3) is 10.2 Å². The van der Waals surface area contributed by atoms with Crippen LogP contribution >= 0.6 is 11.3 Å². The first-order chi connectivity index (χ1) is 14.8. The quantitative estimate of drug-likeness (QED) is 0.639. The molecule has 1 amide bonds. The monoisotopic (exact) mass is 438 g/mol. The van der Waals surface area contributed by atoms with Crippen molar-refractivity contribution in [1.29, 1.82) is 0 Å². The highest BCUT2D eigenvalue weighted by atomic mass is 32.1. The van der Waals surface area contributed by atoms with Crippen LogP contribution in [0.15, 0.2) is 35.1 Å². The molecule has 2 unspecified atom stereocenters. The Kier molecular flexibility index (Phi) is 6.25. The van der Waals surface area contributed by atoms with Gasteiger partial charge in [0.05, 0.1) is 18.0 Å². The highest BCUT2D eigenvalue weighted by Gasteiger charge is 2.25. The molecule has 164 valence electrons. The van der Waals surface area contributed by atoms with Crippen LogP contribution in [0, 0.1) is 5.92 Å². The minimum Gasteiger partial charge on any atom is -0.348 e. The van der Waals surface area contributed by atoms with Crippen LogP contribution in [0.5, 0.6) is 0 Å². The maximum Gasteiger partial charge on any atom is 0.263 e. The van der Waals surface area contributed by atoms with Gasteiger partial charge in [0.2, 0.25) is 5.91 Å². The van der Waals surface area contributed by atoms with Crippen molar-refractivity contribution in [2.24, 2.45) is 5.92 Å². The number of aryl methyl sites for hydroxylation is 1. The lowest BCUT2D eigenvalue weighted by molar-refractivity contribution is -0.122. The molecule has 6 nitrogen and oxygen atoms in total. The van der Waals surface area contributed by atoms with Crippen LogP contribution in [0.3, 0.4) is 0 Å².